The predicted octanol–water partition coefficient (Wildman–Crippen LogP) is 2.30. The molecule has 2 unspecified atom stereocenters. The summed E-state index contributed by atoms with van der Waals surface area (Å²) in [4.78, 5) is 14.9. The number of nitrogens with one attached hydrogen (secondary N) is 1. The molecule has 0 bridgehead atoms. The van der Waals surface area contributed by atoms with Gasteiger partial charge >= 0.3 is 0 Å². The number of benzene rings is 1. The summed E-state index contributed by atoms with van der Waals surface area (Å²) in [6.45, 7) is 2.80. The smallest absolute Gasteiger partial charge is 0.227 e. The number of piperidine rings is 1. The molecule has 2 fully saturated rings. The van der Waals surface area contributed by atoms with Gasteiger partial charge in [-0.3, -0.25) is 4.79 Å². The molecular weight excluding hydrogens is 268 g/mol. The maximum absolute atomic E-state index is 12.8. The lowest BCUT2D eigenvalue weighted by atomic mass is 9.96. The number of nitrogens with zero attached hydrogens (tertiary/aromatic N) is 1. The van der Waals surface area contributed by atoms with Crippen molar-refractivity contribution in [2.45, 2.75) is 18.9 Å². The minimum absolute atomic E-state index is 0.179. The summed E-state index contributed by atoms with van der Waals surface area (Å²) in [5, 5.41) is 3.36. The molecule has 1 aromatic carbocycles. The highest BCUT2D eigenvalue weighted by atomic mass is 32.2. The average molecular weight is 290 g/mol. The Morgan fingerprint density at radius 3 is 2.90 bits per heavy atom. The predicted molar refractivity (Wildman–Crippen MR) is 83.8 cm³/mol. The van der Waals surface area contributed by atoms with Crippen molar-refractivity contribution in [3.8, 4) is 0 Å². The van der Waals surface area contributed by atoms with E-state index in [0.29, 0.717) is 5.91 Å². The van der Waals surface area contributed by atoms with Crippen LogP contribution in [0, 0.1) is 5.92 Å². The normalized spacial score (nSPS) is 27.3. The lowest BCUT2D eigenvalue weighted by molar-refractivity contribution is -0.138. The second kappa shape index (κ2) is 6.64. The molecule has 2 aliphatic heterocycles. The molecule has 0 aromatic heterocycles. The SMILES string of the molecule is O=C(C1CCCNC1)N1CCSCC1c1ccccc1. The first-order valence-electron chi connectivity index (χ1n) is 7.50. The highest BCUT2D eigenvalue weighted by Gasteiger charge is 2.32. The number of hydrogen-bond acceptors (Lipinski definition) is 3. The molecule has 0 saturated carbocycles. The van der Waals surface area contributed by atoms with Gasteiger partial charge in [-0.2, -0.15) is 11.8 Å². The van der Waals surface area contributed by atoms with Crippen LogP contribution in [0.15, 0.2) is 30.3 Å². The molecule has 2 heterocycles. The summed E-state index contributed by atoms with van der Waals surface area (Å²) < 4.78 is 0. The first-order valence-corrected chi connectivity index (χ1v) is 8.65. The zero-order valence-corrected chi connectivity index (χ0v) is 12.6. The van der Waals surface area contributed by atoms with Crippen molar-refractivity contribution in [2.75, 3.05) is 31.1 Å². The summed E-state index contributed by atoms with van der Waals surface area (Å²) >= 11 is 1.96. The molecule has 0 spiro atoms. The minimum atomic E-state index is 0.179. The quantitative estimate of drug-likeness (QED) is 0.907. The second-order valence-electron chi connectivity index (χ2n) is 5.58. The van der Waals surface area contributed by atoms with Crippen LogP contribution in [0.4, 0.5) is 0 Å². The van der Waals surface area contributed by atoms with E-state index >= 15 is 0 Å². The van der Waals surface area contributed by atoms with Gasteiger partial charge in [0.15, 0.2) is 0 Å². The van der Waals surface area contributed by atoms with Crippen molar-refractivity contribution in [1.82, 2.24) is 10.2 Å². The third-order valence-corrected chi connectivity index (χ3v) is 5.26. The molecular formula is C16H22N2OS. The molecule has 1 N–H and O–H groups in total. The zero-order chi connectivity index (χ0) is 13.8. The van der Waals surface area contributed by atoms with Crippen LogP contribution in [0.5, 0.6) is 0 Å². The van der Waals surface area contributed by atoms with E-state index in [1.807, 2.05) is 17.8 Å². The van der Waals surface area contributed by atoms with E-state index < -0.39 is 0 Å². The van der Waals surface area contributed by atoms with Crippen molar-refractivity contribution in [3.05, 3.63) is 35.9 Å². The molecule has 1 aromatic rings. The van der Waals surface area contributed by atoms with Crippen LogP contribution in [-0.2, 0) is 4.79 Å². The average Bonchev–Trinajstić information content (AvgIpc) is 2.56. The third-order valence-electron chi connectivity index (χ3n) is 4.24. The summed E-state index contributed by atoms with van der Waals surface area (Å²) in [6, 6.07) is 10.7. The Labute approximate surface area is 125 Å². The van der Waals surface area contributed by atoms with E-state index in [1.54, 1.807) is 0 Å². The Hall–Kier alpha value is -1.00. The van der Waals surface area contributed by atoms with Crippen molar-refractivity contribution in [1.29, 1.82) is 0 Å². The van der Waals surface area contributed by atoms with Gasteiger partial charge in [0.1, 0.15) is 0 Å². The molecule has 0 radical (unpaired) electrons. The standard InChI is InChI=1S/C16H22N2OS/c19-16(14-7-4-8-17-11-14)18-9-10-20-12-15(18)13-5-2-1-3-6-13/h1-3,5-6,14-15,17H,4,7-12H2. The molecule has 108 valence electrons. The first kappa shape index (κ1) is 14.0. The van der Waals surface area contributed by atoms with Crippen LogP contribution >= 0.6 is 11.8 Å². The van der Waals surface area contributed by atoms with Crippen molar-refractivity contribution < 1.29 is 4.79 Å². The van der Waals surface area contributed by atoms with Crippen molar-refractivity contribution >= 4 is 17.7 Å². The number of amides is 1. The van der Waals surface area contributed by atoms with Gasteiger partial charge in [-0.05, 0) is 24.9 Å². The first-order chi connectivity index (χ1) is 9.86. The van der Waals surface area contributed by atoms with Gasteiger partial charge in [-0.25, -0.2) is 0 Å². The molecule has 2 aliphatic rings. The van der Waals surface area contributed by atoms with Gasteiger partial charge in [-0.1, -0.05) is 30.3 Å². The zero-order valence-electron chi connectivity index (χ0n) is 11.8. The molecule has 0 aliphatic carbocycles. The summed E-state index contributed by atoms with van der Waals surface area (Å²) in [5.74, 6) is 2.62. The number of hydrogen-bond donors (Lipinski definition) is 1. The number of thioether (sulfide) groups is 1. The molecule has 2 saturated heterocycles. The molecule has 4 heteroatoms. The van der Waals surface area contributed by atoms with Crippen LogP contribution in [-0.4, -0.2) is 41.9 Å². The largest absolute Gasteiger partial charge is 0.334 e. The van der Waals surface area contributed by atoms with Gasteiger partial charge in [0.05, 0.1) is 12.0 Å². The van der Waals surface area contributed by atoms with Gasteiger partial charge in [0.25, 0.3) is 0 Å². The monoisotopic (exact) mass is 290 g/mol. The van der Waals surface area contributed by atoms with Gasteiger partial charge in [-0.15, -0.1) is 0 Å². The van der Waals surface area contributed by atoms with E-state index in [2.05, 4.69) is 34.5 Å². The Balaban J connectivity index is 1.76. The fourth-order valence-corrected chi connectivity index (χ4v) is 4.20. The molecule has 3 nitrogen and oxygen atoms in total. The molecule has 3 rings (SSSR count). The fraction of sp³-hybridized carbons (Fsp3) is 0.562. The lowest BCUT2D eigenvalue weighted by Crippen LogP contribution is -2.47. The van der Waals surface area contributed by atoms with Crippen LogP contribution < -0.4 is 5.32 Å². The van der Waals surface area contributed by atoms with Crippen LogP contribution in [0.1, 0.15) is 24.4 Å². The second-order valence-corrected chi connectivity index (χ2v) is 6.73. The van der Waals surface area contributed by atoms with Gasteiger partial charge in [0.2, 0.25) is 5.91 Å². The lowest BCUT2D eigenvalue weighted by Gasteiger charge is -2.38. The number of rotatable bonds is 2. The van der Waals surface area contributed by atoms with Crippen LogP contribution in [0.25, 0.3) is 0 Å². The summed E-state index contributed by atoms with van der Waals surface area (Å²) in [5.41, 5.74) is 1.27. The van der Waals surface area contributed by atoms with E-state index in [9.17, 15) is 4.79 Å². The van der Waals surface area contributed by atoms with E-state index in [1.165, 1.54) is 5.56 Å². The Kier molecular flexibility index (Phi) is 4.63. The van der Waals surface area contributed by atoms with Crippen molar-refractivity contribution in [2.24, 2.45) is 5.92 Å². The topological polar surface area (TPSA) is 32.3 Å². The number of carbonyl (C=O) groups is 1. The maximum atomic E-state index is 12.8. The molecule has 20 heavy (non-hydrogen) atoms. The third kappa shape index (κ3) is 3.01. The molecule has 2 atom stereocenters. The van der Waals surface area contributed by atoms with E-state index in [4.69, 9.17) is 0 Å². The number of carbonyl (C=O) groups excluding carboxylic acids is 1. The Morgan fingerprint density at radius 2 is 2.15 bits per heavy atom. The highest BCUT2D eigenvalue weighted by molar-refractivity contribution is 7.99. The van der Waals surface area contributed by atoms with Crippen LogP contribution in [0.2, 0.25) is 0 Å². The van der Waals surface area contributed by atoms with Gasteiger partial charge < -0.3 is 10.2 Å². The summed E-state index contributed by atoms with van der Waals surface area (Å²) in [7, 11) is 0. The van der Waals surface area contributed by atoms with Gasteiger partial charge in [0, 0.05) is 24.6 Å². The Bertz CT molecular complexity index is 445. The van der Waals surface area contributed by atoms with Crippen molar-refractivity contribution in [3.63, 3.8) is 0 Å². The Morgan fingerprint density at radius 1 is 1.30 bits per heavy atom. The fourth-order valence-electron chi connectivity index (χ4n) is 3.12. The minimum Gasteiger partial charge on any atom is -0.334 e. The molecule has 1 amide bonds. The van der Waals surface area contributed by atoms with E-state index in [-0.39, 0.29) is 12.0 Å². The summed E-state index contributed by atoms with van der Waals surface area (Å²) in [6.07, 6.45) is 2.16. The van der Waals surface area contributed by atoms with Crippen LogP contribution in [0.3, 0.4) is 0 Å². The maximum Gasteiger partial charge on any atom is 0.227 e. The van der Waals surface area contributed by atoms with E-state index in [0.717, 1.165) is 44.0 Å². The highest BCUT2D eigenvalue weighted by Crippen LogP contribution is 2.31.